The molecule has 0 fully saturated rings. The molecule has 0 saturated carbocycles. The van der Waals surface area contributed by atoms with Gasteiger partial charge in [-0.2, -0.15) is 0 Å². The zero-order chi connectivity index (χ0) is 21.2. The van der Waals surface area contributed by atoms with Crippen molar-refractivity contribution in [1.82, 2.24) is 0 Å². The molecule has 0 unspecified atom stereocenters. The number of fused-ring (bicyclic) bond motifs is 1. The van der Waals surface area contributed by atoms with E-state index in [0.717, 1.165) is 0 Å². The second-order valence-corrected chi connectivity index (χ2v) is 7.40. The Bertz CT molecular complexity index is 920. The van der Waals surface area contributed by atoms with E-state index in [1.165, 1.54) is 14.2 Å². The number of amides is 3. The lowest BCUT2D eigenvalue weighted by Crippen LogP contribution is -2.39. The maximum atomic E-state index is 12.6. The zero-order valence-electron chi connectivity index (χ0n) is 17.2. The normalized spacial score (nSPS) is 14.9. The molecule has 0 saturated heterocycles. The molecule has 0 bridgehead atoms. The van der Waals surface area contributed by atoms with Crippen molar-refractivity contribution in [2.75, 3.05) is 43.4 Å². The van der Waals surface area contributed by atoms with Crippen LogP contribution in [0.5, 0.6) is 17.2 Å². The molecule has 0 radical (unpaired) electrons. The lowest BCUT2D eigenvalue weighted by molar-refractivity contribution is -0.127. The first-order valence-corrected chi connectivity index (χ1v) is 9.09. The molecule has 8 nitrogen and oxygen atoms in total. The summed E-state index contributed by atoms with van der Waals surface area (Å²) in [5, 5.41) is 5.51. The number of benzene rings is 2. The van der Waals surface area contributed by atoms with Gasteiger partial charge in [-0.05, 0) is 32.0 Å². The van der Waals surface area contributed by atoms with Crippen LogP contribution in [0.1, 0.15) is 13.8 Å². The molecule has 8 heteroatoms. The van der Waals surface area contributed by atoms with Gasteiger partial charge in [0.15, 0.2) is 0 Å². The number of ether oxygens (including phenoxy) is 3. The fourth-order valence-corrected chi connectivity index (χ4v) is 3.04. The van der Waals surface area contributed by atoms with Gasteiger partial charge in [0.2, 0.25) is 5.91 Å². The summed E-state index contributed by atoms with van der Waals surface area (Å²) in [5.41, 5.74) is 1.01. The average molecular weight is 399 g/mol. The summed E-state index contributed by atoms with van der Waals surface area (Å²) in [6.45, 7) is 3.97. The van der Waals surface area contributed by atoms with Gasteiger partial charge in [-0.3, -0.25) is 4.79 Å². The van der Waals surface area contributed by atoms with E-state index in [1.807, 2.05) is 13.8 Å². The van der Waals surface area contributed by atoms with Crippen molar-refractivity contribution in [3.63, 3.8) is 0 Å². The Morgan fingerprint density at radius 1 is 1.03 bits per heavy atom. The minimum Gasteiger partial charge on any atom is -0.497 e. The van der Waals surface area contributed by atoms with Crippen LogP contribution in [-0.2, 0) is 4.79 Å². The third-order valence-corrected chi connectivity index (χ3v) is 4.66. The van der Waals surface area contributed by atoms with Gasteiger partial charge < -0.3 is 29.7 Å². The quantitative estimate of drug-likeness (QED) is 0.818. The van der Waals surface area contributed by atoms with Crippen molar-refractivity contribution >= 4 is 29.0 Å². The Hall–Kier alpha value is -3.42. The van der Waals surface area contributed by atoms with Crippen molar-refractivity contribution in [2.24, 2.45) is 5.41 Å². The first-order valence-electron chi connectivity index (χ1n) is 9.09. The maximum Gasteiger partial charge on any atom is 0.323 e. The van der Waals surface area contributed by atoms with Gasteiger partial charge in [-0.15, -0.1) is 0 Å². The molecule has 2 aromatic rings. The van der Waals surface area contributed by atoms with Gasteiger partial charge >= 0.3 is 6.03 Å². The van der Waals surface area contributed by atoms with Gasteiger partial charge in [0, 0.05) is 36.6 Å². The van der Waals surface area contributed by atoms with Crippen LogP contribution >= 0.6 is 0 Å². The standard InChI is InChI=1S/C21H25N3O5/c1-21(2)12-29-18-7-6-13(10-17(18)24(3)19(21)25)22-20(26)23-14-8-15(27-4)11-16(9-14)28-5/h6-11H,12H2,1-5H3,(H2,22,23,26). The third kappa shape index (κ3) is 4.37. The average Bonchev–Trinajstić information content (AvgIpc) is 2.78. The molecule has 0 atom stereocenters. The second-order valence-electron chi connectivity index (χ2n) is 7.40. The van der Waals surface area contributed by atoms with Crippen molar-refractivity contribution in [3.05, 3.63) is 36.4 Å². The number of hydrogen-bond donors (Lipinski definition) is 2. The van der Waals surface area contributed by atoms with Gasteiger partial charge in [-0.25, -0.2) is 4.79 Å². The number of nitrogens with one attached hydrogen (secondary N) is 2. The first kappa shape index (κ1) is 20.3. The van der Waals surface area contributed by atoms with Gasteiger partial charge in [0.25, 0.3) is 0 Å². The molecule has 0 aromatic heterocycles. The highest BCUT2D eigenvalue weighted by Gasteiger charge is 2.36. The maximum absolute atomic E-state index is 12.6. The molecule has 0 spiro atoms. The number of rotatable bonds is 4. The van der Waals surface area contributed by atoms with E-state index in [9.17, 15) is 9.59 Å². The van der Waals surface area contributed by atoms with Crippen molar-refractivity contribution in [3.8, 4) is 17.2 Å². The van der Waals surface area contributed by atoms with Crippen LogP contribution in [-0.4, -0.2) is 39.8 Å². The number of methoxy groups -OCH3 is 2. The van der Waals surface area contributed by atoms with E-state index in [2.05, 4.69) is 10.6 Å². The summed E-state index contributed by atoms with van der Waals surface area (Å²) in [4.78, 5) is 26.7. The summed E-state index contributed by atoms with van der Waals surface area (Å²) >= 11 is 0. The molecule has 3 rings (SSSR count). The predicted octanol–water partition coefficient (Wildman–Crippen LogP) is 3.73. The fourth-order valence-electron chi connectivity index (χ4n) is 3.04. The third-order valence-electron chi connectivity index (χ3n) is 4.66. The molecule has 154 valence electrons. The Morgan fingerprint density at radius 2 is 1.66 bits per heavy atom. The molecular weight excluding hydrogens is 374 g/mol. The Labute approximate surface area is 169 Å². The Kier molecular flexibility index (Phi) is 5.54. The van der Waals surface area contributed by atoms with Gasteiger partial charge in [0.1, 0.15) is 23.9 Å². The number of carbonyl (C=O) groups excluding carboxylic acids is 2. The number of nitrogens with zero attached hydrogens (tertiary/aromatic N) is 1. The van der Waals surface area contributed by atoms with Crippen LogP contribution < -0.4 is 29.7 Å². The van der Waals surface area contributed by atoms with Crippen LogP contribution in [0.15, 0.2) is 36.4 Å². The van der Waals surface area contributed by atoms with Crippen LogP contribution in [0.3, 0.4) is 0 Å². The van der Waals surface area contributed by atoms with E-state index in [1.54, 1.807) is 48.3 Å². The molecule has 1 heterocycles. The number of hydrogen-bond acceptors (Lipinski definition) is 5. The van der Waals surface area contributed by atoms with Gasteiger partial charge in [0.05, 0.1) is 25.3 Å². The lowest BCUT2D eigenvalue weighted by atomic mass is 9.93. The molecule has 2 N–H and O–H groups in total. The largest absolute Gasteiger partial charge is 0.497 e. The Balaban J connectivity index is 1.77. The molecule has 29 heavy (non-hydrogen) atoms. The summed E-state index contributed by atoms with van der Waals surface area (Å²) in [7, 11) is 4.77. The summed E-state index contributed by atoms with van der Waals surface area (Å²) in [6.07, 6.45) is 0. The molecule has 0 aliphatic carbocycles. The van der Waals surface area contributed by atoms with E-state index < -0.39 is 11.4 Å². The molecule has 1 aliphatic heterocycles. The summed E-state index contributed by atoms with van der Waals surface area (Å²) in [6, 6.07) is 9.81. The number of anilines is 3. The number of carbonyl (C=O) groups is 2. The highest BCUT2D eigenvalue weighted by molar-refractivity contribution is 6.02. The van der Waals surface area contributed by atoms with E-state index in [4.69, 9.17) is 14.2 Å². The first-order chi connectivity index (χ1) is 13.7. The molecule has 3 amide bonds. The zero-order valence-corrected chi connectivity index (χ0v) is 17.2. The van der Waals surface area contributed by atoms with Crippen LogP contribution in [0.4, 0.5) is 21.9 Å². The molecule has 1 aliphatic rings. The van der Waals surface area contributed by atoms with Gasteiger partial charge in [-0.1, -0.05) is 0 Å². The van der Waals surface area contributed by atoms with E-state index in [0.29, 0.717) is 34.3 Å². The van der Waals surface area contributed by atoms with Crippen LogP contribution in [0.25, 0.3) is 0 Å². The predicted molar refractivity (Wildman–Crippen MR) is 111 cm³/mol. The molecular formula is C21H25N3O5. The second kappa shape index (κ2) is 7.90. The smallest absolute Gasteiger partial charge is 0.323 e. The minimum absolute atomic E-state index is 0.0543. The van der Waals surface area contributed by atoms with Crippen molar-refractivity contribution < 1.29 is 23.8 Å². The highest BCUT2D eigenvalue weighted by atomic mass is 16.5. The lowest BCUT2D eigenvalue weighted by Gasteiger charge is -2.24. The Morgan fingerprint density at radius 3 is 2.28 bits per heavy atom. The fraction of sp³-hybridized carbons (Fsp3) is 0.333. The SMILES string of the molecule is COc1cc(NC(=O)Nc2ccc3c(c2)N(C)C(=O)C(C)(C)CO3)cc(OC)c1. The summed E-state index contributed by atoms with van der Waals surface area (Å²) in [5.74, 6) is 1.66. The van der Waals surface area contributed by atoms with Crippen LogP contribution in [0, 0.1) is 5.41 Å². The topological polar surface area (TPSA) is 89.1 Å². The monoisotopic (exact) mass is 399 g/mol. The number of urea groups is 1. The van der Waals surface area contributed by atoms with E-state index >= 15 is 0 Å². The summed E-state index contributed by atoms with van der Waals surface area (Å²) < 4.78 is 16.2. The highest BCUT2D eigenvalue weighted by Crippen LogP contribution is 2.37. The molecule has 2 aromatic carbocycles. The van der Waals surface area contributed by atoms with Crippen molar-refractivity contribution in [2.45, 2.75) is 13.8 Å². The van der Waals surface area contributed by atoms with Crippen molar-refractivity contribution in [1.29, 1.82) is 0 Å². The van der Waals surface area contributed by atoms with Crippen LogP contribution in [0.2, 0.25) is 0 Å². The minimum atomic E-state index is -0.635. The van der Waals surface area contributed by atoms with E-state index in [-0.39, 0.29) is 12.5 Å².